The third kappa shape index (κ3) is 2.99. The van der Waals surface area contributed by atoms with E-state index in [0.29, 0.717) is 43.8 Å². The lowest BCUT2D eigenvalue weighted by Crippen LogP contribution is -2.54. The van der Waals surface area contributed by atoms with E-state index >= 15 is 0 Å². The molecule has 2 amide bonds. The van der Waals surface area contributed by atoms with Crippen molar-refractivity contribution in [3.8, 4) is 5.69 Å². The number of rotatable bonds is 5. The molecule has 2 fully saturated rings. The minimum absolute atomic E-state index is 0.0657. The maximum Gasteiger partial charge on any atom is 0.409 e. The van der Waals surface area contributed by atoms with Crippen LogP contribution < -0.4 is 0 Å². The van der Waals surface area contributed by atoms with E-state index in [4.69, 9.17) is 9.84 Å². The average molecular weight is 394 g/mol. The molecule has 5 rings (SSSR count). The highest BCUT2D eigenvalue weighted by Crippen LogP contribution is 2.51. The van der Waals surface area contributed by atoms with Crippen LogP contribution in [0, 0.1) is 18.8 Å². The monoisotopic (exact) mass is 394 g/mol. The maximum absolute atomic E-state index is 13.5. The van der Waals surface area contributed by atoms with Crippen LogP contribution in [0.3, 0.4) is 0 Å². The van der Waals surface area contributed by atoms with Crippen molar-refractivity contribution in [2.75, 3.05) is 26.2 Å². The number of carbonyl (C=O) groups excluding carboxylic acids is 2. The molecule has 1 saturated carbocycles. The van der Waals surface area contributed by atoms with Gasteiger partial charge in [0, 0.05) is 31.1 Å². The molecule has 3 heterocycles. The van der Waals surface area contributed by atoms with Gasteiger partial charge in [0.25, 0.3) is 5.91 Å². The van der Waals surface area contributed by atoms with Crippen LogP contribution in [0.1, 0.15) is 47.6 Å². The van der Waals surface area contributed by atoms with Crippen LogP contribution in [0.4, 0.5) is 4.79 Å². The van der Waals surface area contributed by atoms with E-state index < -0.39 is 0 Å². The van der Waals surface area contributed by atoms with Gasteiger partial charge in [-0.1, -0.05) is 18.2 Å². The first-order valence-electron chi connectivity index (χ1n) is 10.5. The van der Waals surface area contributed by atoms with Crippen molar-refractivity contribution >= 4 is 12.0 Å². The molecule has 1 atom stereocenters. The van der Waals surface area contributed by atoms with E-state index in [2.05, 4.69) is 0 Å². The number of aromatic nitrogens is 2. The number of hydrogen-bond donors (Lipinski definition) is 0. The Labute approximate surface area is 170 Å². The first kappa shape index (κ1) is 18.2. The standard InChI is InChI=1S/C22H26N4O3/c1-3-29-22(28)24-11-15(12-24)13-25-19(16-9-10-16)18-14(2)23-26(20(18)21(25)27)17-7-5-4-6-8-17/h4-8,15-16,19H,3,9-13H2,1-2H3. The zero-order valence-corrected chi connectivity index (χ0v) is 16.9. The predicted molar refractivity (Wildman–Crippen MR) is 107 cm³/mol. The fourth-order valence-electron chi connectivity index (χ4n) is 4.70. The second-order valence-electron chi connectivity index (χ2n) is 8.30. The van der Waals surface area contributed by atoms with Crippen molar-refractivity contribution < 1.29 is 14.3 Å². The van der Waals surface area contributed by atoms with Crippen molar-refractivity contribution in [1.29, 1.82) is 0 Å². The van der Waals surface area contributed by atoms with Crippen LogP contribution in [-0.2, 0) is 4.74 Å². The van der Waals surface area contributed by atoms with Gasteiger partial charge in [0.05, 0.1) is 24.0 Å². The molecule has 1 saturated heterocycles. The minimum Gasteiger partial charge on any atom is -0.450 e. The summed E-state index contributed by atoms with van der Waals surface area (Å²) >= 11 is 0. The molecule has 2 aromatic rings. The molecule has 7 nitrogen and oxygen atoms in total. The van der Waals surface area contributed by atoms with Gasteiger partial charge in [-0.15, -0.1) is 0 Å². The summed E-state index contributed by atoms with van der Waals surface area (Å²) in [6.45, 7) is 6.20. The van der Waals surface area contributed by atoms with Crippen LogP contribution in [0.2, 0.25) is 0 Å². The first-order valence-corrected chi connectivity index (χ1v) is 10.5. The van der Waals surface area contributed by atoms with E-state index in [1.54, 1.807) is 4.90 Å². The number of carbonyl (C=O) groups is 2. The van der Waals surface area contributed by atoms with Gasteiger partial charge in [0.15, 0.2) is 0 Å². The summed E-state index contributed by atoms with van der Waals surface area (Å²) < 4.78 is 6.88. The van der Waals surface area contributed by atoms with Crippen molar-refractivity contribution in [1.82, 2.24) is 19.6 Å². The third-order valence-electron chi connectivity index (χ3n) is 6.21. The summed E-state index contributed by atoms with van der Waals surface area (Å²) in [5, 5.41) is 4.72. The number of fused-ring (bicyclic) bond motifs is 1. The quantitative estimate of drug-likeness (QED) is 0.781. The highest BCUT2D eigenvalue weighted by Gasteiger charge is 2.50. The predicted octanol–water partition coefficient (Wildman–Crippen LogP) is 3.18. The van der Waals surface area contributed by atoms with E-state index in [1.165, 1.54) is 0 Å². The van der Waals surface area contributed by atoms with Crippen LogP contribution in [0.5, 0.6) is 0 Å². The summed E-state index contributed by atoms with van der Waals surface area (Å²) in [6.07, 6.45) is 2.06. The van der Waals surface area contributed by atoms with E-state index in [9.17, 15) is 9.59 Å². The third-order valence-corrected chi connectivity index (χ3v) is 6.21. The van der Waals surface area contributed by atoms with Crippen LogP contribution >= 0.6 is 0 Å². The molecule has 0 spiro atoms. The van der Waals surface area contributed by atoms with Crippen LogP contribution in [0.25, 0.3) is 5.69 Å². The summed E-state index contributed by atoms with van der Waals surface area (Å²) in [6, 6.07) is 9.98. The fraction of sp³-hybridized carbons (Fsp3) is 0.500. The largest absolute Gasteiger partial charge is 0.450 e. The van der Waals surface area contributed by atoms with E-state index in [1.807, 2.05) is 53.8 Å². The molecule has 1 aromatic heterocycles. The molecule has 7 heteroatoms. The smallest absolute Gasteiger partial charge is 0.409 e. The van der Waals surface area contributed by atoms with Gasteiger partial charge in [-0.05, 0) is 44.7 Å². The summed E-state index contributed by atoms with van der Waals surface area (Å²) in [7, 11) is 0. The Morgan fingerprint density at radius 2 is 1.93 bits per heavy atom. The van der Waals surface area contributed by atoms with Gasteiger partial charge in [-0.2, -0.15) is 5.10 Å². The molecular weight excluding hydrogens is 368 g/mol. The Bertz CT molecular complexity index is 944. The average Bonchev–Trinajstić information content (AvgIpc) is 3.41. The molecule has 0 bridgehead atoms. The van der Waals surface area contributed by atoms with Gasteiger partial charge in [0.1, 0.15) is 5.69 Å². The highest BCUT2D eigenvalue weighted by molar-refractivity contribution is 5.98. The Morgan fingerprint density at radius 3 is 2.59 bits per heavy atom. The molecular formula is C22H26N4O3. The summed E-state index contributed by atoms with van der Waals surface area (Å²) in [5.41, 5.74) is 3.67. The maximum atomic E-state index is 13.5. The van der Waals surface area contributed by atoms with Gasteiger partial charge in [-0.25, -0.2) is 9.48 Å². The van der Waals surface area contributed by atoms with Crippen LogP contribution in [-0.4, -0.2) is 57.8 Å². The van der Waals surface area contributed by atoms with Gasteiger partial charge < -0.3 is 14.5 Å². The summed E-state index contributed by atoms with van der Waals surface area (Å²) in [5.74, 6) is 0.886. The Balaban J connectivity index is 1.40. The zero-order valence-electron chi connectivity index (χ0n) is 16.9. The van der Waals surface area contributed by atoms with Crippen molar-refractivity contribution in [2.45, 2.75) is 32.7 Å². The Hall–Kier alpha value is -2.83. The van der Waals surface area contributed by atoms with Crippen molar-refractivity contribution in [3.63, 3.8) is 0 Å². The number of para-hydroxylation sites is 1. The lowest BCUT2D eigenvalue weighted by molar-refractivity contribution is 0.0327. The molecule has 0 radical (unpaired) electrons. The number of ether oxygens (including phenoxy) is 1. The number of benzene rings is 1. The second-order valence-corrected chi connectivity index (χ2v) is 8.30. The molecule has 1 aromatic carbocycles. The normalized spacial score (nSPS) is 21.3. The van der Waals surface area contributed by atoms with Crippen molar-refractivity contribution in [2.24, 2.45) is 11.8 Å². The Kier molecular flexibility index (Phi) is 4.33. The highest BCUT2D eigenvalue weighted by atomic mass is 16.6. The van der Waals surface area contributed by atoms with E-state index in [-0.39, 0.29) is 18.0 Å². The molecule has 1 unspecified atom stereocenters. The molecule has 29 heavy (non-hydrogen) atoms. The zero-order chi connectivity index (χ0) is 20.1. The van der Waals surface area contributed by atoms with Gasteiger partial charge in [-0.3, -0.25) is 4.79 Å². The van der Waals surface area contributed by atoms with Crippen molar-refractivity contribution in [3.05, 3.63) is 47.3 Å². The topological polar surface area (TPSA) is 67.7 Å². The molecule has 2 aliphatic heterocycles. The Morgan fingerprint density at radius 1 is 1.21 bits per heavy atom. The van der Waals surface area contributed by atoms with Gasteiger partial charge in [0.2, 0.25) is 0 Å². The number of nitrogens with zero attached hydrogens (tertiary/aromatic N) is 4. The molecule has 152 valence electrons. The number of aryl methyl sites for hydroxylation is 1. The van der Waals surface area contributed by atoms with E-state index in [0.717, 1.165) is 29.8 Å². The molecule has 0 N–H and O–H groups in total. The number of hydrogen-bond acceptors (Lipinski definition) is 4. The fourth-order valence-corrected chi connectivity index (χ4v) is 4.70. The lowest BCUT2D eigenvalue weighted by Gasteiger charge is -2.41. The summed E-state index contributed by atoms with van der Waals surface area (Å²) in [4.78, 5) is 29.1. The van der Waals surface area contributed by atoms with Gasteiger partial charge >= 0.3 is 6.09 Å². The minimum atomic E-state index is -0.255. The molecule has 1 aliphatic carbocycles. The molecule has 3 aliphatic rings. The number of amides is 2. The SMILES string of the molecule is CCOC(=O)N1CC(CN2C(=O)c3c(c(C)nn3-c3ccccc3)C2C2CC2)C1. The first-order chi connectivity index (χ1) is 14.1. The lowest BCUT2D eigenvalue weighted by atomic mass is 9.98. The van der Waals surface area contributed by atoms with Crippen LogP contribution in [0.15, 0.2) is 30.3 Å². The number of likely N-dealkylation sites (tertiary alicyclic amines) is 1. The second kappa shape index (κ2) is 6.90.